The van der Waals surface area contributed by atoms with Crippen molar-refractivity contribution in [2.45, 2.75) is 32.7 Å². The van der Waals surface area contributed by atoms with Crippen LogP contribution in [0, 0.1) is 0 Å². The average molecular weight is 194 g/mol. The molecule has 1 aromatic heterocycles. The summed E-state index contributed by atoms with van der Waals surface area (Å²) in [6.45, 7) is 6.67. The van der Waals surface area contributed by atoms with Gasteiger partial charge in [-0.2, -0.15) is 0 Å². The fourth-order valence-electron chi connectivity index (χ4n) is 1.18. The van der Waals surface area contributed by atoms with Gasteiger partial charge in [-0.15, -0.1) is 0 Å². The Bertz CT molecular complexity index is 297. The van der Waals surface area contributed by atoms with Crippen LogP contribution in [0.1, 0.15) is 32.8 Å². The number of nitrogens with two attached hydrogens (primary N) is 1. The molecule has 1 atom stereocenters. The molecule has 3 heteroatoms. The smallest absolute Gasteiger partial charge is 0.137 e. The van der Waals surface area contributed by atoms with E-state index in [0.29, 0.717) is 6.61 Å². The lowest BCUT2D eigenvalue weighted by Gasteiger charge is -2.23. The quantitative estimate of drug-likeness (QED) is 0.798. The van der Waals surface area contributed by atoms with Crippen molar-refractivity contribution in [3.05, 3.63) is 24.0 Å². The Morgan fingerprint density at radius 3 is 2.71 bits per heavy atom. The number of hydrogen-bond acceptors (Lipinski definition) is 3. The maximum atomic E-state index is 6.11. The van der Waals surface area contributed by atoms with Gasteiger partial charge in [0.25, 0.3) is 0 Å². The third kappa shape index (κ3) is 2.45. The van der Waals surface area contributed by atoms with E-state index in [1.165, 1.54) is 0 Å². The number of ether oxygens (including phenoxy) is 1. The highest BCUT2D eigenvalue weighted by Crippen LogP contribution is 2.23. The first-order valence-electron chi connectivity index (χ1n) is 4.97. The van der Waals surface area contributed by atoms with Crippen molar-refractivity contribution in [3.8, 4) is 5.75 Å². The van der Waals surface area contributed by atoms with Crippen LogP contribution in [0.3, 0.4) is 0 Å². The Kier molecular flexibility index (Phi) is 3.47. The van der Waals surface area contributed by atoms with E-state index < -0.39 is 0 Å². The Morgan fingerprint density at radius 1 is 1.43 bits per heavy atom. The molecular formula is C11H18N2O. The summed E-state index contributed by atoms with van der Waals surface area (Å²) in [5.41, 5.74) is 6.81. The van der Waals surface area contributed by atoms with Crippen molar-refractivity contribution in [2.24, 2.45) is 5.73 Å². The Morgan fingerprint density at radius 2 is 2.14 bits per heavy atom. The summed E-state index contributed by atoms with van der Waals surface area (Å²) in [6.07, 6.45) is 4.38. The van der Waals surface area contributed by atoms with Crippen molar-refractivity contribution in [3.63, 3.8) is 0 Å². The van der Waals surface area contributed by atoms with E-state index >= 15 is 0 Å². The number of pyridine rings is 1. The lowest BCUT2D eigenvalue weighted by molar-refractivity contribution is 0.336. The second-order valence-electron chi connectivity index (χ2n) is 3.61. The molecule has 78 valence electrons. The van der Waals surface area contributed by atoms with E-state index in [1.54, 1.807) is 12.4 Å². The summed E-state index contributed by atoms with van der Waals surface area (Å²) in [7, 11) is 0. The molecule has 1 heterocycles. The third-order valence-electron chi connectivity index (χ3n) is 2.42. The molecule has 0 saturated carbocycles. The highest BCUT2D eigenvalue weighted by Gasteiger charge is 2.19. The molecule has 0 bridgehead atoms. The second kappa shape index (κ2) is 4.42. The molecule has 0 aliphatic rings. The zero-order valence-electron chi connectivity index (χ0n) is 9.08. The van der Waals surface area contributed by atoms with Crippen molar-refractivity contribution in [1.29, 1.82) is 0 Å². The highest BCUT2D eigenvalue weighted by atomic mass is 16.5. The summed E-state index contributed by atoms with van der Waals surface area (Å²) in [4.78, 5) is 4.11. The molecule has 3 nitrogen and oxygen atoms in total. The van der Waals surface area contributed by atoms with E-state index in [2.05, 4.69) is 11.9 Å². The molecule has 1 aromatic rings. The second-order valence-corrected chi connectivity index (χ2v) is 3.61. The van der Waals surface area contributed by atoms with Gasteiger partial charge in [-0.1, -0.05) is 6.92 Å². The molecule has 0 fully saturated rings. The zero-order chi connectivity index (χ0) is 10.6. The van der Waals surface area contributed by atoms with Gasteiger partial charge in [0.2, 0.25) is 0 Å². The van der Waals surface area contributed by atoms with Gasteiger partial charge in [0.1, 0.15) is 5.75 Å². The van der Waals surface area contributed by atoms with Gasteiger partial charge >= 0.3 is 0 Å². The largest absolute Gasteiger partial charge is 0.492 e. The summed E-state index contributed by atoms with van der Waals surface area (Å²) < 4.78 is 5.37. The molecule has 1 rings (SSSR count). The number of hydrogen-bond donors (Lipinski definition) is 1. The Labute approximate surface area is 85.3 Å². The molecule has 0 spiro atoms. The lowest BCUT2D eigenvalue weighted by Crippen LogP contribution is -2.32. The van der Waals surface area contributed by atoms with Crippen molar-refractivity contribution >= 4 is 0 Å². The van der Waals surface area contributed by atoms with Crippen LogP contribution in [0.25, 0.3) is 0 Å². The molecular weight excluding hydrogens is 176 g/mol. The number of aromatic nitrogens is 1. The van der Waals surface area contributed by atoms with E-state index in [-0.39, 0.29) is 5.54 Å². The molecule has 0 amide bonds. The fraction of sp³-hybridized carbons (Fsp3) is 0.545. The van der Waals surface area contributed by atoms with Gasteiger partial charge in [-0.05, 0) is 31.9 Å². The van der Waals surface area contributed by atoms with Crippen LogP contribution in [-0.2, 0) is 5.54 Å². The maximum absolute atomic E-state index is 6.11. The summed E-state index contributed by atoms with van der Waals surface area (Å²) in [5.74, 6) is 0.787. The Hall–Kier alpha value is -1.09. The van der Waals surface area contributed by atoms with Gasteiger partial charge in [-0.25, -0.2) is 0 Å². The minimum atomic E-state index is -0.319. The highest BCUT2D eigenvalue weighted by molar-refractivity contribution is 5.28. The molecule has 1 unspecified atom stereocenters. The van der Waals surface area contributed by atoms with Crippen LogP contribution in [0.2, 0.25) is 0 Å². The monoisotopic (exact) mass is 194 g/mol. The van der Waals surface area contributed by atoms with E-state index in [1.807, 2.05) is 19.9 Å². The van der Waals surface area contributed by atoms with Crippen LogP contribution < -0.4 is 10.5 Å². The minimum Gasteiger partial charge on any atom is -0.492 e. The molecule has 0 aromatic carbocycles. The molecule has 0 radical (unpaired) electrons. The van der Waals surface area contributed by atoms with Gasteiger partial charge in [-0.3, -0.25) is 4.98 Å². The van der Waals surface area contributed by atoms with Crippen LogP contribution in [-0.4, -0.2) is 11.6 Å². The first-order chi connectivity index (χ1) is 6.60. The van der Waals surface area contributed by atoms with Gasteiger partial charge in [0.15, 0.2) is 0 Å². The molecule has 2 N–H and O–H groups in total. The van der Waals surface area contributed by atoms with Crippen molar-refractivity contribution < 1.29 is 4.74 Å². The van der Waals surface area contributed by atoms with E-state index in [0.717, 1.165) is 17.7 Å². The third-order valence-corrected chi connectivity index (χ3v) is 2.42. The molecule has 0 saturated heterocycles. The predicted octanol–water partition coefficient (Wildman–Crippen LogP) is 2.06. The predicted molar refractivity (Wildman–Crippen MR) is 57.2 cm³/mol. The lowest BCUT2D eigenvalue weighted by atomic mass is 9.92. The Balaban J connectivity index is 2.93. The number of rotatable bonds is 4. The maximum Gasteiger partial charge on any atom is 0.137 e. The van der Waals surface area contributed by atoms with Crippen LogP contribution >= 0.6 is 0 Å². The molecule has 0 aliphatic carbocycles. The molecule has 0 aliphatic heterocycles. The fourth-order valence-corrected chi connectivity index (χ4v) is 1.18. The van der Waals surface area contributed by atoms with Gasteiger partial charge in [0.05, 0.1) is 12.8 Å². The standard InChI is InChI=1S/C11H18N2O/c1-4-11(3,12)9-6-10(14-5-2)8-13-7-9/h6-8H,4-5,12H2,1-3H3. The SMILES string of the molecule is CCOc1cncc(C(C)(N)CC)c1. The number of nitrogens with zero attached hydrogens (tertiary/aromatic N) is 1. The first kappa shape index (κ1) is 11.0. The van der Waals surface area contributed by atoms with E-state index in [4.69, 9.17) is 10.5 Å². The van der Waals surface area contributed by atoms with Crippen LogP contribution in [0.15, 0.2) is 18.5 Å². The topological polar surface area (TPSA) is 48.1 Å². The van der Waals surface area contributed by atoms with Crippen molar-refractivity contribution in [1.82, 2.24) is 4.98 Å². The van der Waals surface area contributed by atoms with Gasteiger partial charge in [0, 0.05) is 11.7 Å². The average Bonchev–Trinajstić information content (AvgIpc) is 2.19. The molecule has 14 heavy (non-hydrogen) atoms. The summed E-state index contributed by atoms with van der Waals surface area (Å²) in [5, 5.41) is 0. The first-order valence-corrected chi connectivity index (χ1v) is 4.97. The van der Waals surface area contributed by atoms with Crippen LogP contribution in [0.4, 0.5) is 0 Å². The zero-order valence-corrected chi connectivity index (χ0v) is 9.08. The summed E-state index contributed by atoms with van der Waals surface area (Å²) in [6, 6.07) is 1.96. The van der Waals surface area contributed by atoms with Crippen LogP contribution in [0.5, 0.6) is 5.75 Å². The minimum absolute atomic E-state index is 0.319. The normalized spacial score (nSPS) is 14.9. The van der Waals surface area contributed by atoms with E-state index in [9.17, 15) is 0 Å². The van der Waals surface area contributed by atoms with Crippen molar-refractivity contribution in [2.75, 3.05) is 6.61 Å². The summed E-state index contributed by atoms with van der Waals surface area (Å²) >= 11 is 0. The van der Waals surface area contributed by atoms with Gasteiger partial charge < -0.3 is 10.5 Å².